The monoisotopic (exact) mass is 582 g/mol. The van der Waals surface area contributed by atoms with Crippen molar-refractivity contribution in [2.24, 2.45) is 0 Å². The lowest BCUT2D eigenvalue weighted by Crippen LogP contribution is -2.52. The van der Waals surface area contributed by atoms with Crippen molar-refractivity contribution in [1.82, 2.24) is 20.7 Å². The number of pyridine rings is 1. The summed E-state index contributed by atoms with van der Waals surface area (Å²) in [4.78, 5) is 17.1. The maximum absolute atomic E-state index is 12.7. The van der Waals surface area contributed by atoms with E-state index in [1.54, 1.807) is 6.20 Å². The SMILES string of the molecule is CNN(Cc1ccc(-c2ccccn2)cc1)C[C@H](O)[C@H](Cc1ccc(OCc2ccccc2)cc1)NC(=O)OC(C)(C)C. The zero-order chi connectivity index (χ0) is 30.7. The number of nitrogens with one attached hydrogen (secondary N) is 2. The lowest BCUT2D eigenvalue weighted by Gasteiger charge is -2.30. The van der Waals surface area contributed by atoms with Gasteiger partial charge in [0.05, 0.1) is 17.8 Å². The molecular formula is C35H42N4O4. The van der Waals surface area contributed by atoms with E-state index >= 15 is 0 Å². The van der Waals surface area contributed by atoms with Crippen LogP contribution in [0, 0.1) is 0 Å². The molecule has 3 N–H and O–H groups in total. The minimum absolute atomic E-state index is 0.275. The number of carbonyl (C=O) groups excluding carboxylic acids is 1. The molecule has 0 bridgehead atoms. The van der Waals surface area contributed by atoms with Crippen LogP contribution in [0.15, 0.2) is 103 Å². The number of benzene rings is 3. The third kappa shape index (κ3) is 10.5. The van der Waals surface area contributed by atoms with Gasteiger partial charge in [-0.25, -0.2) is 9.80 Å². The summed E-state index contributed by atoms with van der Waals surface area (Å²) in [6, 6.07) is 31.2. The topological polar surface area (TPSA) is 96.0 Å². The lowest BCUT2D eigenvalue weighted by atomic mass is 10.0. The van der Waals surface area contributed by atoms with E-state index in [-0.39, 0.29) is 6.54 Å². The van der Waals surface area contributed by atoms with Gasteiger partial charge in [0.1, 0.15) is 18.0 Å². The zero-order valence-corrected chi connectivity index (χ0v) is 25.4. The predicted molar refractivity (Wildman–Crippen MR) is 169 cm³/mol. The number of aliphatic hydroxyl groups excluding tert-OH is 1. The molecule has 4 rings (SSSR count). The maximum atomic E-state index is 12.7. The average molecular weight is 583 g/mol. The first-order chi connectivity index (χ1) is 20.7. The van der Waals surface area contributed by atoms with Crippen molar-refractivity contribution >= 4 is 6.09 Å². The zero-order valence-electron chi connectivity index (χ0n) is 25.4. The van der Waals surface area contributed by atoms with Crippen LogP contribution in [0.25, 0.3) is 11.3 Å². The minimum atomic E-state index is -0.887. The van der Waals surface area contributed by atoms with Crippen molar-refractivity contribution in [3.63, 3.8) is 0 Å². The number of aliphatic hydroxyl groups is 1. The van der Waals surface area contributed by atoms with Gasteiger partial charge in [-0.05, 0) is 75.2 Å². The first-order valence-electron chi connectivity index (χ1n) is 14.5. The fourth-order valence-corrected chi connectivity index (χ4v) is 4.58. The molecule has 8 heteroatoms. The molecule has 1 aromatic heterocycles. The van der Waals surface area contributed by atoms with E-state index in [4.69, 9.17) is 9.47 Å². The summed E-state index contributed by atoms with van der Waals surface area (Å²) in [5.74, 6) is 0.750. The highest BCUT2D eigenvalue weighted by Gasteiger charge is 2.26. The largest absolute Gasteiger partial charge is 0.489 e. The number of alkyl carbamates (subject to hydrolysis) is 1. The van der Waals surface area contributed by atoms with E-state index in [0.717, 1.165) is 33.7 Å². The summed E-state index contributed by atoms with van der Waals surface area (Å²) in [6.07, 6.45) is 0.737. The number of nitrogens with zero attached hydrogens (tertiary/aromatic N) is 2. The van der Waals surface area contributed by atoms with E-state index in [1.165, 1.54) is 0 Å². The summed E-state index contributed by atoms with van der Waals surface area (Å²) in [6.45, 7) is 6.75. The molecule has 0 fully saturated rings. The second-order valence-corrected chi connectivity index (χ2v) is 11.5. The minimum Gasteiger partial charge on any atom is -0.489 e. The van der Waals surface area contributed by atoms with Gasteiger partial charge in [-0.1, -0.05) is 72.8 Å². The molecule has 3 aromatic carbocycles. The van der Waals surface area contributed by atoms with Crippen LogP contribution >= 0.6 is 0 Å². The van der Waals surface area contributed by atoms with E-state index in [1.807, 2.05) is 118 Å². The van der Waals surface area contributed by atoms with Crippen molar-refractivity contribution in [3.8, 4) is 17.0 Å². The fraction of sp³-hybridized carbons (Fsp3) is 0.314. The van der Waals surface area contributed by atoms with Crippen LogP contribution in [0.5, 0.6) is 5.75 Å². The van der Waals surface area contributed by atoms with Crippen LogP contribution in [0.1, 0.15) is 37.5 Å². The van der Waals surface area contributed by atoms with Crippen molar-refractivity contribution in [2.45, 2.75) is 58.1 Å². The van der Waals surface area contributed by atoms with Crippen LogP contribution < -0.4 is 15.5 Å². The third-order valence-corrected chi connectivity index (χ3v) is 6.81. The summed E-state index contributed by atoms with van der Waals surface area (Å²) in [5.41, 5.74) is 7.59. The highest BCUT2D eigenvalue weighted by atomic mass is 16.6. The fourth-order valence-electron chi connectivity index (χ4n) is 4.58. The Labute approximate surface area is 254 Å². The number of hydrogen-bond acceptors (Lipinski definition) is 7. The molecule has 2 atom stereocenters. The Morgan fingerprint density at radius 1 is 0.884 bits per heavy atom. The molecule has 0 aliphatic carbocycles. The van der Waals surface area contributed by atoms with E-state index in [2.05, 4.69) is 27.9 Å². The average Bonchev–Trinajstić information content (AvgIpc) is 3.00. The van der Waals surface area contributed by atoms with Gasteiger partial charge in [-0.15, -0.1) is 0 Å². The van der Waals surface area contributed by atoms with E-state index < -0.39 is 23.8 Å². The standard InChI is InChI=1S/C35H42N4O4/c1-35(2,3)43-34(41)38-32(22-26-15-19-30(20-16-26)42-25-28-10-6-5-7-11-28)33(40)24-39(36-4)23-27-13-17-29(18-14-27)31-12-8-9-21-37-31/h5-21,32-33,36,40H,22-25H2,1-4H3,(H,38,41)/t32-,33-/m0/s1. The Morgan fingerprint density at radius 3 is 2.19 bits per heavy atom. The van der Waals surface area contributed by atoms with Crippen LogP contribution in [0.2, 0.25) is 0 Å². The Balaban J connectivity index is 1.40. The summed E-state index contributed by atoms with van der Waals surface area (Å²) < 4.78 is 11.4. The van der Waals surface area contributed by atoms with Gasteiger partial charge in [0.2, 0.25) is 0 Å². The normalized spacial score (nSPS) is 12.9. The molecule has 0 unspecified atom stereocenters. The Kier molecular flexibility index (Phi) is 11.3. The number of hydrazine groups is 1. The first-order valence-corrected chi connectivity index (χ1v) is 14.5. The molecule has 1 amide bonds. The second-order valence-electron chi connectivity index (χ2n) is 11.5. The van der Waals surface area contributed by atoms with Crippen LogP contribution in [-0.2, 0) is 24.3 Å². The summed E-state index contributed by atoms with van der Waals surface area (Å²) in [5, 5.41) is 16.2. The van der Waals surface area contributed by atoms with Gasteiger partial charge in [0.15, 0.2) is 0 Å². The van der Waals surface area contributed by atoms with Gasteiger partial charge < -0.3 is 19.9 Å². The molecule has 1 heterocycles. The van der Waals surface area contributed by atoms with Crippen LogP contribution in [-0.4, -0.2) is 52.5 Å². The molecule has 43 heavy (non-hydrogen) atoms. The van der Waals surface area contributed by atoms with Crippen molar-refractivity contribution in [3.05, 3.63) is 120 Å². The van der Waals surface area contributed by atoms with Crippen LogP contribution in [0.4, 0.5) is 4.79 Å². The van der Waals surface area contributed by atoms with Gasteiger partial charge in [-0.2, -0.15) is 0 Å². The maximum Gasteiger partial charge on any atom is 0.407 e. The quantitative estimate of drug-likeness (QED) is 0.173. The molecule has 0 spiro atoms. The molecule has 0 aliphatic rings. The Bertz CT molecular complexity index is 1390. The number of rotatable bonds is 13. The van der Waals surface area contributed by atoms with E-state index in [0.29, 0.717) is 19.6 Å². The number of ether oxygens (including phenoxy) is 2. The number of hydrogen-bond donors (Lipinski definition) is 3. The first kappa shape index (κ1) is 31.7. The molecule has 4 aromatic rings. The molecule has 0 saturated carbocycles. The molecule has 0 saturated heterocycles. The molecule has 226 valence electrons. The van der Waals surface area contributed by atoms with E-state index in [9.17, 15) is 9.90 Å². The summed E-state index contributed by atoms with van der Waals surface area (Å²) >= 11 is 0. The van der Waals surface area contributed by atoms with Gasteiger partial charge >= 0.3 is 6.09 Å². The van der Waals surface area contributed by atoms with Gasteiger partial charge in [-0.3, -0.25) is 10.4 Å². The highest BCUT2D eigenvalue weighted by molar-refractivity contribution is 5.68. The Hall–Kier alpha value is -4.24. The van der Waals surface area contributed by atoms with Crippen molar-refractivity contribution in [2.75, 3.05) is 13.6 Å². The smallest absolute Gasteiger partial charge is 0.407 e. The molecular weight excluding hydrogens is 540 g/mol. The van der Waals surface area contributed by atoms with Gasteiger partial charge in [0, 0.05) is 24.8 Å². The predicted octanol–water partition coefficient (Wildman–Crippen LogP) is 5.76. The highest BCUT2D eigenvalue weighted by Crippen LogP contribution is 2.19. The molecule has 0 aliphatic heterocycles. The summed E-state index contributed by atoms with van der Waals surface area (Å²) in [7, 11) is 1.82. The molecule has 0 radical (unpaired) electrons. The Morgan fingerprint density at radius 2 is 1.56 bits per heavy atom. The molecule has 8 nitrogen and oxygen atoms in total. The lowest BCUT2D eigenvalue weighted by molar-refractivity contribution is 0.0307. The third-order valence-electron chi connectivity index (χ3n) is 6.81. The van der Waals surface area contributed by atoms with Crippen molar-refractivity contribution < 1.29 is 19.4 Å². The number of carbonyl (C=O) groups is 1. The van der Waals surface area contributed by atoms with Gasteiger partial charge in [0.25, 0.3) is 0 Å². The second kappa shape index (κ2) is 15.3. The van der Waals surface area contributed by atoms with Crippen LogP contribution in [0.3, 0.4) is 0 Å². The number of aromatic nitrogens is 1. The number of amides is 1. The van der Waals surface area contributed by atoms with Crippen molar-refractivity contribution in [1.29, 1.82) is 0 Å².